The summed E-state index contributed by atoms with van der Waals surface area (Å²) in [6, 6.07) is 5.75. The Hall–Kier alpha value is -2.37. The number of carboxylic acid groups (broad SMARTS) is 1. The Labute approximate surface area is 116 Å². The molecule has 0 radical (unpaired) electrons. The van der Waals surface area contributed by atoms with Crippen LogP contribution in [0.2, 0.25) is 0 Å². The maximum absolute atomic E-state index is 12.3. The van der Waals surface area contributed by atoms with Crippen LogP contribution in [0.4, 0.5) is 5.69 Å². The Morgan fingerprint density at radius 1 is 1.35 bits per heavy atom. The second-order valence-electron chi connectivity index (χ2n) is 4.76. The Balaban J connectivity index is 2.20. The lowest BCUT2D eigenvalue weighted by molar-refractivity contribution is -0.141. The van der Waals surface area contributed by atoms with Crippen LogP contribution in [-0.2, 0) is 9.59 Å². The van der Waals surface area contributed by atoms with Gasteiger partial charge in [0.2, 0.25) is 5.91 Å². The molecule has 0 spiro atoms. The van der Waals surface area contributed by atoms with Gasteiger partial charge in [-0.1, -0.05) is 6.07 Å². The van der Waals surface area contributed by atoms with Gasteiger partial charge in [-0.15, -0.1) is 0 Å². The number of nitrogens with one attached hydrogen (secondary N) is 1. The lowest BCUT2D eigenvalue weighted by Gasteiger charge is -2.21. The Kier molecular flexibility index (Phi) is 4.02. The average Bonchev–Trinajstić information content (AvgIpc) is 2.86. The van der Waals surface area contributed by atoms with Gasteiger partial charge in [-0.05, 0) is 31.0 Å². The van der Waals surface area contributed by atoms with E-state index < -0.39 is 12.0 Å². The Morgan fingerprint density at radius 3 is 2.75 bits per heavy atom. The molecule has 106 valence electrons. The van der Waals surface area contributed by atoms with Gasteiger partial charge >= 0.3 is 5.97 Å². The summed E-state index contributed by atoms with van der Waals surface area (Å²) in [5.74, 6) is -1.52. The van der Waals surface area contributed by atoms with Gasteiger partial charge in [0.25, 0.3) is 5.91 Å². The summed E-state index contributed by atoms with van der Waals surface area (Å²) in [4.78, 5) is 35.8. The van der Waals surface area contributed by atoms with Crippen molar-refractivity contribution in [2.45, 2.75) is 25.8 Å². The van der Waals surface area contributed by atoms with E-state index in [9.17, 15) is 14.4 Å². The summed E-state index contributed by atoms with van der Waals surface area (Å²) in [5.41, 5.74) is 0.902. The lowest BCUT2D eigenvalue weighted by Crippen LogP contribution is -2.40. The van der Waals surface area contributed by atoms with Crippen molar-refractivity contribution in [2.24, 2.45) is 0 Å². The van der Waals surface area contributed by atoms with Crippen LogP contribution in [0.3, 0.4) is 0 Å². The van der Waals surface area contributed by atoms with Gasteiger partial charge in [0.15, 0.2) is 0 Å². The van der Waals surface area contributed by atoms with Crippen molar-refractivity contribution in [3.05, 3.63) is 29.8 Å². The highest BCUT2D eigenvalue weighted by Crippen LogP contribution is 2.21. The van der Waals surface area contributed by atoms with Crippen LogP contribution in [0.15, 0.2) is 24.3 Å². The topological polar surface area (TPSA) is 86.7 Å². The zero-order valence-corrected chi connectivity index (χ0v) is 11.1. The van der Waals surface area contributed by atoms with Gasteiger partial charge in [0.1, 0.15) is 6.04 Å². The van der Waals surface area contributed by atoms with E-state index in [2.05, 4.69) is 5.32 Å². The fourth-order valence-corrected chi connectivity index (χ4v) is 2.37. The minimum atomic E-state index is -0.978. The molecule has 1 aliphatic rings. The number of nitrogens with zero attached hydrogens (tertiary/aromatic N) is 1. The standard InChI is InChI=1S/C14H16N2O4/c1-9(17)15-11-5-2-4-10(8-11)13(18)16-7-3-6-12(16)14(19)20/h2,4-5,8,12H,3,6-7H2,1H3,(H,15,17)(H,19,20)/t12-/m1/s1. The van der Waals surface area contributed by atoms with Gasteiger partial charge in [0.05, 0.1) is 0 Å². The molecule has 6 nitrogen and oxygen atoms in total. The second kappa shape index (κ2) is 5.73. The number of carbonyl (C=O) groups is 3. The molecule has 0 saturated carbocycles. The normalized spacial score (nSPS) is 17.9. The van der Waals surface area contributed by atoms with Gasteiger partial charge in [-0.25, -0.2) is 4.79 Å². The van der Waals surface area contributed by atoms with Crippen molar-refractivity contribution in [3.63, 3.8) is 0 Å². The van der Waals surface area contributed by atoms with E-state index in [0.717, 1.165) is 0 Å². The molecule has 1 aliphatic heterocycles. The van der Waals surface area contributed by atoms with E-state index >= 15 is 0 Å². The number of amides is 2. The van der Waals surface area contributed by atoms with E-state index in [1.165, 1.54) is 11.8 Å². The van der Waals surface area contributed by atoms with E-state index in [4.69, 9.17) is 5.11 Å². The number of hydrogen-bond acceptors (Lipinski definition) is 3. The first-order chi connectivity index (χ1) is 9.49. The molecule has 2 N–H and O–H groups in total. The van der Waals surface area contributed by atoms with Crippen LogP contribution in [-0.4, -0.2) is 40.4 Å². The number of aliphatic carboxylic acids is 1. The molecule has 1 atom stereocenters. The third-order valence-corrected chi connectivity index (χ3v) is 3.23. The van der Waals surface area contributed by atoms with E-state index in [1.807, 2.05) is 0 Å². The molecule has 1 saturated heterocycles. The average molecular weight is 276 g/mol. The van der Waals surface area contributed by atoms with Crippen molar-refractivity contribution in [1.29, 1.82) is 0 Å². The first-order valence-electron chi connectivity index (χ1n) is 6.40. The fourth-order valence-electron chi connectivity index (χ4n) is 2.37. The Morgan fingerprint density at radius 2 is 2.10 bits per heavy atom. The number of carboxylic acids is 1. The van der Waals surface area contributed by atoms with Crippen molar-refractivity contribution < 1.29 is 19.5 Å². The summed E-state index contributed by atoms with van der Waals surface area (Å²) >= 11 is 0. The molecule has 20 heavy (non-hydrogen) atoms. The minimum Gasteiger partial charge on any atom is -0.480 e. The molecule has 6 heteroatoms. The maximum atomic E-state index is 12.3. The molecule has 1 aromatic rings. The van der Waals surface area contributed by atoms with Crippen LogP contribution >= 0.6 is 0 Å². The number of benzene rings is 1. The number of anilines is 1. The fraction of sp³-hybridized carbons (Fsp3) is 0.357. The van der Waals surface area contributed by atoms with Gasteiger partial charge in [0, 0.05) is 24.7 Å². The molecular weight excluding hydrogens is 260 g/mol. The van der Waals surface area contributed by atoms with Gasteiger partial charge < -0.3 is 15.3 Å². The lowest BCUT2D eigenvalue weighted by atomic mass is 10.1. The van der Waals surface area contributed by atoms with E-state index in [1.54, 1.807) is 24.3 Å². The summed E-state index contributed by atoms with van der Waals surface area (Å²) in [5, 5.41) is 11.7. The predicted molar refractivity (Wildman–Crippen MR) is 72.4 cm³/mol. The molecule has 1 fully saturated rings. The molecule has 0 bridgehead atoms. The van der Waals surface area contributed by atoms with Crippen LogP contribution in [0.5, 0.6) is 0 Å². The first kappa shape index (κ1) is 14.0. The smallest absolute Gasteiger partial charge is 0.326 e. The zero-order valence-electron chi connectivity index (χ0n) is 11.1. The molecule has 2 amide bonds. The third kappa shape index (κ3) is 2.96. The highest BCUT2D eigenvalue weighted by atomic mass is 16.4. The summed E-state index contributed by atoms with van der Waals surface area (Å²) in [7, 11) is 0. The van der Waals surface area contributed by atoms with Gasteiger partial charge in [-0.2, -0.15) is 0 Å². The second-order valence-corrected chi connectivity index (χ2v) is 4.76. The highest BCUT2D eigenvalue weighted by molar-refractivity contribution is 5.98. The third-order valence-electron chi connectivity index (χ3n) is 3.23. The molecule has 0 aromatic heterocycles. The van der Waals surface area contributed by atoms with E-state index in [0.29, 0.717) is 30.6 Å². The minimum absolute atomic E-state index is 0.223. The van der Waals surface area contributed by atoms with E-state index in [-0.39, 0.29) is 11.8 Å². The number of hydrogen-bond donors (Lipinski definition) is 2. The van der Waals surface area contributed by atoms with Crippen molar-refractivity contribution >= 4 is 23.5 Å². The zero-order chi connectivity index (χ0) is 14.7. The SMILES string of the molecule is CC(=O)Nc1cccc(C(=O)N2CCC[C@@H]2C(=O)O)c1. The van der Waals surface area contributed by atoms with Crippen molar-refractivity contribution in [2.75, 3.05) is 11.9 Å². The first-order valence-corrected chi connectivity index (χ1v) is 6.40. The molecule has 1 heterocycles. The highest BCUT2D eigenvalue weighted by Gasteiger charge is 2.34. The quantitative estimate of drug-likeness (QED) is 0.872. The van der Waals surface area contributed by atoms with Crippen LogP contribution in [0, 0.1) is 0 Å². The van der Waals surface area contributed by atoms with Gasteiger partial charge in [-0.3, -0.25) is 9.59 Å². The monoisotopic (exact) mass is 276 g/mol. The largest absolute Gasteiger partial charge is 0.480 e. The summed E-state index contributed by atoms with van der Waals surface area (Å²) in [6.45, 7) is 1.83. The predicted octanol–water partition coefficient (Wildman–Crippen LogP) is 1.33. The summed E-state index contributed by atoms with van der Waals surface area (Å²) < 4.78 is 0. The summed E-state index contributed by atoms with van der Waals surface area (Å²) in [6.07, 6.45) is 1.17. The number of likely N-dealkylation sites (tertiary alicyclic amines) is 1. The molecule has 2 rings (SSSR count). The number of carbonyl (C=O) groups excluding carboxylic acids is 2. The molecule has 1 aromatic carbocycles. The molecule has 0 unspecified atom stereocenters. The van der Waals surface area contributed by atoms with Crippen molar-refractivity contribution in [1.82, 2.24) is 4.90 Å². The van der Waals surface area contributed by atoms with Crippen LogP contribution in [0.1, 0.15) is 30.1 Å². The number of rotatable bonds is 3. The van der Waals surface area contributed by atoms with Crippen LogP contribution in [0.25, 0.3) is 0 Å². The maximum Gasteiger partial charge on any atom is 0.326 e. The van der Waals surface area contributed by atoms with Crippen LogP contribution < -0.4 is 5.32 Å². The molecular formula is C14H16N2O4. The Bertz CT molecular complexity index is 556. The van der Waals surface area contributed by atoms with Crippen molar-refractivity contribution in [3.8, 4) is 0 Å². The molecule has 0 aliphatic carbocycles.